The van der Waals surface area contributed by atoms with E-state index >= 15 is 0 Å². The molecule has 6 heteroatoms. The van der Waals surface area contributed by atoms with E-state index < -0.39 is 0 Å². The highest BCUT2D eigenvalue weighted by Crippen LogP contribution is 2.26. The molecule has 1 aromatic heterocycles. The van der Waals surface area contributed by atoms with E-state index in [2.05, 4.69) is 20.9 Å². The molecule has 3 aromatic rings. The Morgan fingerprint density at radius 3 is 2.64 bits per heavy atom. The monoisotopic (exact) mass is 376 g/mol. The van der Waals surface area contributed by atoms with Crippen molar-refractivity contribution in [1.82, 2.24) is 4.57 Å². The Morgan fingerprint density at radius 1 is 1.23 bits per heavy atom. The van der Waals surface area contributed by atoms with Gasteiger partial charge in [-0.2, -0.15) is 4.99 Å². The van der Waals surface area contributed by atoms with Gasteiger partial charge in [-0.25, -0.2) is 0 Å². The maximum Gasteiger partial charge on any atom is 0.279 e. The third kappa shape index (κ3) is 2.71. The van der Waals surface area contributed by atoms with Crippen LogP contribution in [0.3, 0.4) is 0 Å². The molecule has 0 radical (unpaired) electrons. The zero-order valence-electron chi connectivity index (χ0n) is 12.0. The average Bonchev–Trinajstić information content (AvgIpc) is 2.84. The van der Waals surface area contributed by atoms with Gasteiger partial charge in [0.1, 0.15) is 11.3 Å². The first-order valence-corrected chi connectivity index (χ1v) is 8.18. The minimum Gasteiger partial charge on any atom is -0.495 e. The van der Waals surface area contributed by atoms with Crippen molar-refractivity contribution in [2.45, 2.75) is 0 Å². The van der Waals surface area contributed by atoms with Gasteiger partial charge in [0.2, 0.25) is 0 Å². The lowest BCUT2D eigenvalue weighted by molar-refractivity contribution is 0.0998. The zero-order valence-corrected chi connectivity index (χ0v) is 14.4. The predicted octanol–water partition coefficient (Wildman–Crippen LogP) is 3.75. The topological polar surface area (TPSA) is 43.6 Å². The highest BCUT2D eigenvalue weighted by molar-refractivity contribution is 9.10. The number of para-hydroxylation sites is 1. The third-order valence-corrected chi connectivity index (χ3v) is 4.92. The Morgan fingerprint density at radius 2 is 1.95 bits per heavy atom. The zero-order chi connectivity index (χ0) is 15.7. The summed E-state index contributed by atoms with van der Waals surface area (Å²) in [6.07, 6.45) is 0. The van der Waals surface area contributed by atoms with Gasteiger partial charge in [-0.15, -0.1) is 0 Å². The second kappa shape index (κ2) is 6.06. The predicted molar refractivity (Wildman–Crippen MR) is 91.4 cm³/mol. The number of aromatic nitrogens is 1. The summed E-state index contributed by atoms with van der Waals surface area (Å²) in [5, 5.41) is 0. The van der Waals surface area contributed by atoms with E-state index in [9.17, 15) is 4.79 Å². The fourth-order valence-corrected chi connectivity index (χ4v) is 3.48. The van der Waals surface area contributed by atoms with Gasteiger partial charge in [0, 0.05) is 17.1 Å². The van der Waals surface area contributed by atoms with Crippen LogP contribution in [0, 0.1) is 0 Å². The number of amides is 1. The van der Waals surface area contributed by atoms with Gasteiger partial charge in [0.05, 0.1) is 11.8 Å². The number of benzene rings is 2. The first-order chi connectivity index (χ1) is 10.6. The molecule has 3 rings (SSSR count). The van der Waals surface area contributed by atoms with Crippen molar-refractivity contribution in [3.8, 4) is 5.75 Å². The number of aryl methyl sites for hydroxylation is 1. The van der Waals surface area contributed by atoms with Gasteiger partial charge >= 0.3 is 0 Å². The molecule has 112 valence electrons. The molecule has 4 nitrogen and oxygen atoms in total. The number of rotatable bonds is 2. The Hall–Kier alpha value is -1.92. The Balaban J connectivity index is 2.11. The van der Waals surface area contributed by atoms with Gasteiger partial charge < -0.3 is 9.30 Å². The number of carbonyl (C=O) groups is 1. The number of methoxy groups -OCH3 is 1. The van der Waals surface area contributed by atoms with Gasteiger partial charge in [0.25, 0.3) is 5.91 Å². The summed E-state index contributed by atoms with van der Waals surface area (Å²) in [5.74, 6) is 0.516. The highest BCUT2D eigenvalue weighted by Gasteiger charge is 2.10. The van der Waals surface area contributed by atoms with Crippen LogP contribution in [0.2, 0.25) is 0 Å². The van der Waals surface area contributed by atoms with Gasteiger partial charge in [0.15, 0.2) is 4.80 Å². The molecule has 22 heavy (non-hydrogen) atoms. The number of hydrogen-bond acceptors (Lipinski definition) is 3. The van der Waals surface area contributed by atoms with Gasteiger partial charge in [-0.3, -0.25) is 4.79 Å². The average molecular weight is 377 g/mol. The van der Waals surface area contributed by atoms with E-state index in [0.717, 1.165) is 20.4 Å². The molecule has 0 aliphatic heterocycles. The molecule has 0 atom stereocenters. The SMILES string of the molecule is COc1cccc2sc(=NC(=O)c3ccc(Br)cc3)n(C)c12. The lowest BCUT2D eigenvalue weighted by atomic mass is 10.2. The second-order valence-corrected chi connectivity index (χ2v) is 6.60. The van der Waals surface area contributed by atoms with Crippen LogP contribution < -0.4 is 9.54 Å². The summed E-state index contributed by atoms with van der Waals surface area (Å²) in [7, 11) is 3.52. The van der Waals surface area contributed by atoms with E-state index in [-0.39, 0.29) is 5.91 Å². The number of fused-ring (bicyclic) bond motifs is 1. The first kappa shape index (κ1) is 15.0. The van der Waals surface area contributed by atoms with Crippen LogP contribution in [0.5, 0.6) is 5.75 Å². The van der Waals surface area contributed by atoms with Crippen LogP contribution in [-0.2, 0) is 7.05 Å². The quantitative estimate of drug-likeness (QED) is 0.683. The molecule has 0 spiro atoms. The van der Waals surface area contributed by atoms with Crippen LogP contribution in [-0.4, -0.2) is 17.6 Å². The maximum absolute atomic E-state index is 12.3. The molecule has 0 bridgehead atoms. The number of thiazole rings is 1. The molecule has 1 heterocycles. The summed E-state index contributed by atoms with van der Waals surface area (Å²) in [4.78, 5) is 17.2. The number of nitrogens with zero attached hydrogens (tertiary/aromatic N) is 2. The van der Waals surface area contributed by atoms with Crippen LogP contribution >= 0.6 is 27.3 Å². The number of halogens is 1. The maximum atomic E-state index is 12.3. The number of hydrogen-bond donors (Lipinski definition) is 0. The van der Waals surface area contributed by atoms with E-state index in [1.54, 1.807) is 19.2 Å². The molecular weight excluding hydrogens is 364 g/mol. The lowest BCUT2D eigenvalue weighted by Crippen LogP contribution is -2.13. The van der Waals surface area contributed by atoms with Crippen LogP contribution in [0.1, 0.15) is 10.4 Å². The summed E-state index contributed by atoms with van der Waals surface area (Å²) in [6, 6.07) is 13.0. The molecule has 2 aromatic carbocycles. The molecule has 0 N–H and O–H groups in total. The standard InChI is InChI=1S/C16H13BrN2O2S/c1-19-14-12(21-2)4-3-5-13(14)22-16(19)18-15(20)10-6-8-11(17)9-7-10/h3-9H,1-2H3. The van der Waals surface area contributed by atoms with E-state index in [4.69, 9.17) is 4.74 Å². The summed E-state index contributed by atoms with van der Waals surface area (Å²) >= 11 is 4.82. The van der Waals surface area contributed by atoms with Crippen molar-refractivity contribution in [1.29, 1.82) is 0 Å². The van der Waals surface area contributed by atoms with Crippen LogP contribution in [0.15, 0.2) is 51.9 Å². The Kier molecular flexibility index (Phi) is 4.13. The molecular formula is C16H13BrN2O2S. The smallest absolute Gasteiger partial charge is 0.279 e. The van der Waals surface area contributed by atoms with Crippen molar-refractivity contribution in [2.75, 3.05) is 7.11 Å². The summed E-state index contributed by atoms with van der Waals surface area (Å²) in [5.41, 5.74) is 1.50. The van der Waals surface area contributed by atoms with E-state index in [0.29, 0.717) is 10.4 Å². The molecule has 1 amide bonds. The number of ether oxygens (including phenoxy) is 1. The molecule has 0 saturated carbocycles. The van der Waals surface area contributed by atoms with Crippen molar-refractivity contribution in [2.24, 2.45) is 12.0 Å². The molecule has 0 aliphatic rings. The first-order valence-electron chi connectivity index (χ1n) is 6.57. The van der Waals surface area contributed by atoms with Crippen LogP contribution in [0.25, 0.3) is 10.2 Å². The van der Waals surface area contributed by atoms with Crippen LogP contribution in [0.4, 0.5) is 0 Å². The van der Waals surface area contributed by atoms with Crippen molar-refractivity contribution in [3.05, 3.63) is 57.3 Å². The molecule has 0 aliphatic carbocycles. The van der Waals surface area contributed by atoms with E-state index in [1.807, 2.05) is 41.9 Å². The van der Waals surface area contributed by atoms with E-state index in [1.165, 1.54) is 11.3 Å². The minimum atomic E-state index is -0.256. The van der Waals surface area contributed by atoms with Crippen molar-refractivity contribution < 1.29 is 9.53 Å². The summed E-state index contributed by atoms with van der Waals surface area (Å²) < 4.78 is 9.23. The third-order valence-electron chi connectivity index (χ3n) is 3.29. The normalized spacial score (nSPS) is 11.9. The Labute approximate surface area is 139 Å². The molecule has 0 fully saturated rings. The lowest BCUT2D eigenvalue weighted by Gasteiger charge is -2.03. The highest BCUT2D eigenvalue weighted by atomic mass is 79.9. The van der Waals surface area contributed by atoms with Crippen molar-refractivity contribution in [3.63, 3.8) is 0 Å². The summed E-state index contributed by atoms with van der Waals surface area (Å²) in [6.45, 7) is 0. The molecule has 0 unspecified atom stereocenters. The second-order valence-electron chi connectivity index (χ2n) is 4.67. The number of carbonyl (C=O) groups excluding carboxylic acids is 1. The Bertz CT molecular complexity index is 910. The van der Waals surface area contributed by atoms with Gasteiger partial charge in [-0.05, 0) is 36.4 Å². The fourth-order valence-electron chi connectivity index (χ4n) is 2.18. The largest absolute Gasteiger partial charge is 0.495 e. The molecule has 0 saturated heterocycles. The van der Waals surface area contributed by atoms with Gasteiger partial charge in [-0.1, -0.05) is 33.3 Å². The minimum absolute atomic E-state index is 0.256. The fraction of sp³-hybridized carbons (Fsp3) is 0.125. The van der Waals surface area contributed by atoms with Crippen molar-refractivity contribution >= 4 is 43.4 Å².